The SMILES string of the molecule is O=C(O)/C=C/c1cnc(N[C@@]2(Cc3ccccc3)CCCNC2)cn1. The van der Waals surface area contributed by atoms with Crippen LogP contribution >= 0.6 is 0 Å². The van der Waals surface area contributed by atoms with E-state index < -0.39 is 5.97 Å². The van der Waals surface area contributed by atoms with Crippen molar-refractivity contribution in [1.29, 1.82) is 0 Å². The minimum atomic E-state index is -1.00. The number of anilines is 1. The van der Waals surface area contributed by atoms with E-state index in [0.29, 0.717) is 11.5 Å². The highest BCUT2D eigenvalue weighted by Gasteiger charge is 2.32. The van der Waals surface area contributed by atoms with Crippen LogP contribution in [-0.4, -0.2) is 39.7 Å². The molecule has 1 fully saturated rings. The highest BCUT2D eigenvalue weighted by Crippen LogP contribution is 2.25. The van der Waals surface area contributed by atoms with Gasteiger partial charge in [-0.15, -0.1) is 0 Å². The zero-order chi connectivity index (χ0) is 17.5. The molecule has 1 aliphatic heterocycles. The second kappa shape index (κ2) is 7.90. The molecule has 6 nitrogen and oxygen atoms in total. The van der Waals surface area contributed by atoms with E-state index in [0.717, 1.165) is 38.4 Å². The van der Waals surface area contributed by atoms with E-state index in [4.69, 9.17) is 5.11 Å². The normalized spacial score (nSPS) is 20.5. The highest BCUT2D eigenvalue weighted by molar-refractivity contribution is 5.84. The van der Waals surface area contributed by atoms with E-state index in [1.165, 1.54) is 11.6 Å². The Bertz CT molecular complexity index is 723. The Kier molecular flexibility index (Phi) is 5.40. The van der Waals surface area contributed by atoms with Gasteiger partial charge in [-0.05, 0) is 37.4 Å². The summed E-state index contributed by atoms with van der Waals surface area (Å²) < 4.78 is 0. The molecule has 2 aromatic rings. The number of hydrogen-bond donors (Lipinski definition) is 3. The number of aliphatic carboxylic acids is 1. The average molecular weight is 338 g/mol. The molecule has 1 aromatic heterocycles. The summed E-state index contributed by atoms with van der Waals surface area (Å²) in [6, 6.07) is 10.4. The molecule has 0 unspecified atom stereocenters. The first kappa shape index (κ1) is 17.1. The summed E-state index contributed by atoms with van der Waals surface area (Å²) in [7, 11) is 0. The Balaban J connectivity index is 1.75. The molecule has 1 saturated heterocycles. The van der Waals surface area contributed by atoms with E-state index in [-0.39, 0.29) is 5.54 Å². The zero-order valence-corrected chi connectivity index (χ0v) is 14.0. The summed E-state index contributed by atoms with van der Waals surface area (Å²) in [4.78, 5) is 19.2. The first-order valence-corrected chi connectivity index (χ1v) is 8.41. The molecule has 2 heterocycles. The molecule has 130 valence electrons. The van der Waals surface area contributed by atoms with E-state index >= 15 is 0 Å². The number of piperidine rings is 1. The van der Waals surface area contributed by atoms with Gasteiger partial charge in [-0.1, -0.05) is 30.3 Å². The molecule has 1 aliphatic rings. The molecule has 25 heavy (non-hydrogen) atoms. The van der Waals surface area contributed by atoms with Gasteiger partial charge in [0.25, 0.3) is 0 Å². The molecule has 0 saturated carbocycles. The number of aromatic nitrogens is 2. The van der Waals surface area contributed by atoms with Crippen molar-refractivity contribution in [3.05, 3.63) is 60.1 Å². The summed E-state index contributed by atoms with van der Waals surface area (Å²) in [6.45, 7) is 1.90. The summed E-state index contributed by atoms with van der Waals surface area (Å²) in [6.07, 6.45) is 8.78. The van der Waals surface area contributed by atoms with Crippen molar-refractivity contribution >= 4 is 17.9 Å². The smallest absolute Gasteiger partial charge is 0.328 e. The minimum Gasteiger partial charge on any atom is -0.478 e. The average Bonchev–Trinajstić information content (AvgIpc) is 2.62. The molecule has 1 atom stereocenters. The van der Waals surface area contributed by atoms with Gasteiger partial charge in [0.05, 0.1) is 23.6 Å². The van der Waals surface area contributed by atoms with Crippen molar-refractivity contribution in [3.8, 4) is 0 Å². The number of benzene rings is 1. The van der Waals surface area contributed by atoms with Crippen LogP contribution in [0.25, 0.3) is 6.08 Å². The Morgan fingerprint density at radius 1 is 1.28 bits per heavy atom. The van der Waals surface area contributed by atoms with Crippen molar-refractivity contribution < 1.29 is 9.90 Å². The fourth-order valence-corrected chi connectivity index (χ4v) is 3.17. The molecule has 0 amide bonds. The van der Waals surface area contributed by atoms with Crippen molar-refractivity contribution in [2.75, 3.05) is 18.4 Å². The molecule has 0 bridgehead atoms. The lowest BCUT2D eigenvalue weighted by Crippen LogP contribution is -2.53. The quantitative estimate of drug-likeness (QED) is 0.701. The maximum atomic E-state index is 10.6. The third-order valence-electron chi connectivity index (χ3n) is 4.32. The number of nitrogens with one attached hydrogen (secondary N) is 2. The van der Waals surface area contributed by atoms with E-state index in [1.807, 2.05) is 6.07 Å². The van der Waals surface area contributed by atoms with Gasteiger partial charge in [0.2, 0.25) is 0 Å². The van der Waals surface area contributed by atoms with Gasteiger partial charge in [-0.3, -0.25) is 4.98 Å². The number of carboxylic acid groups (broad SMARTS) is 1. The van der Waals surface area contributed by atoms with Crippen LogP contribution < -0.4 is 10.6 Å². The molecule has 0 spiro atoms. The van der Waals surface area contributed by atoms with Crippen LogP contribution in [-0.2, 0) is 11.2 Å². The van der Waals surface area contributed by atoms with Crippen molar-refractivity contribution in [2.24, 2.45) is 0 Å². The third kappa shape index (κ3) is 4.87. The maximum absolute atomic E-state index is 10.6. The molecule has 1 aromatic carbocycles. The molecule has 3 N–H and O–H groups in total. The van der Waals surface area contributed by atoms with Crippen molar-refractivity contribution in [2.45, 2.75) is 24.8 Å². The van der Waals surface area contributed by atoms with Gasteiger partial charge in [0.1, 0.15) is 5.82 Å². The molecule has 0 aliphatic carbocycles. The standard InChI is InChI=1S/C19H22N4O2/c24-18(25)8-7-16-12-22-17(13-21-16)23-19(9-4-10-20-14-19)11-15-5-2-1-3-6-15/h1-3,5-8,12-13,20H,4,9-11,14H2,(H,22,23)(H,24,25)/b8-7+/t19-/m1/s1. The summed E-state index contributed by atoms with van der Waals surface area (Å²) in [5.74, 6) is -0.300. The number of carbonyl (C=O) groups is 1. The van der Waals surface area contributed by atoms with Gasteiger partial charge in [-0.25, -0.2) is 9.78 Å². The van der Waals surface area contributed by atoms with Gasteiger partial charge < -0.3 is 15.7 Å². The van der Waals surface area contributed by atoms with Gasteiger partial charge >= 0.3 is 5.97 Å². The lowest BCUT2D eigenvalue weighted by atomic mass is 9.84. The van der Waals surface area contributed by atoms with Gasteiger partial charge in [-0.2, -0.15) is 0 Å². The Hall–Kier alpha value is -2.73. The van der Waals surface area contributed by atoms with Crippen molar-refractivity contribution in [1.82, 2.24) is 15.3 Å². The maximum Gasteiger partial charge on any atom is 0.328 e. The van der Waals surface area contributed by atoms with Crippen LogP contribution in [0.5, 0.6) is 0 Å². The van der Waals surface area contributed by atoms with Crippen LogP contribution in [0.2, 0.25) is 0 Å². The van der Waals surface area contributed by atoms with Crippen molar-refractivity contribution in [3.63, 3.8) is 0 Å². The van der Waals surface area contributed by atoms with Crippen LogP contribution in [0, 0.1) is 0 Å². The van der Waals surface area contributed by atoms with Gasteiger partial charge in [0, 0.05) is 12.6 Å². The Morgan fingerprint density at radius 2 is 2.12 bits per heavy atom. The minimum absolute atomic E-state index is 0.104. The predicted molar refractivity (Wildman–Crippen MR) is 97.3 cm³/mol. The number of hydrogen-bond acceptors (Lipinski definition) is 5. The van der Waals surface area contributed by atoms with Gasteiger partial charge in [0.15, 0.2) is 0 Å². The largest absolute Gasteiger partial charge is 0.478 e. The molecule has 0 radical (unpaired) electrons. The van der Waals surface area contributed by atoms with E-state index in [9.17, 15) is 4.79 Å². The summed E-state index contributed by atoms with van der Waals surface area (Å²) >= 11 is 0. The summed E-state index contributed by atoms with van der Waals surface area (Å²) in [5, 5.41) is 15.7. The zero-order valence-electron chi connectivity index (χ0n) is 14.0. The monoisotopic (exact) mass is 338 g/mol. The highest BCUT2D eigenvalue weighted by atomic mass is 16.4. The molecule has 6 heteroatoms. The van der Waals surface area contributed by atoms with Crippen LogP contribution in [0.3, 0.4) is 0 Å². The van der Waals surface area contributed by atoms with Crippen LogP contribution in [0.1, 0.15) is 24.1 Å². The number of carboxylic acids is 1. The first-order chi connectivity index (χ1) is 12.2. The second-order valence-corrected chi connectivity index (χ2v) is 6.35. The third-order valence-corrected chi connectivity index (χ3v) is 4.32. The van der Waals surface area contributed by atoms with Crippen LogP contribution in [0.15, 0.2) is 48.8 Å². The number of rotatable bonds is 6. The first-order valence-electron chi connectivity index (χ1n) is 8.41. The number of nitrogens with zero attached hydrogens (tertiary/aromatic N) is 2. The predicted octanol–water partition coefficient (Wildman–Crippen LogP) is 2.35. The molecule has 3 rings (SSSR count). The molecular weight excluding hydrogens is 316 g/mol. The van der Waals surface area contributed by atoms with E-state index in [1.54, 1.807) is 12.4 Å². The lowest BCUT2D eigenvalue weighted by Gasteiger charge is -2.39. The van der Waals surface area contributed by atoms with Crippen LogP contribution in [0.4, 0.5) is 5.82 Å². The fraction of sp³-hybridized carbons (Fsp3) is 0.316. The summed E-state index contributed by atoms with van der Waals surface area (Å²) in [5.41, 5.74) is 1.70. The lowest BCUT2D eigenvalue weighted by molar-refractivity contribution is -0.131. The Labute approximate surface area is 147 Å². The Morgan fingerprint density at radius 3 is 2.76 bits per heavy atom. The second-order valence-electron chi connectivity index (χ2n) is 6.35. The molecular formula is C19H22N4O2. The van der Waals surface area contributed by atoms with E-state index in [2.05, 4.69) is 44.9 Å². The topological polar surface area (TPSA) is 87.1 Å². The fourth-order valence-electron chi connectivity index (χ4n) is 3.17.